The first kappa shape index (κ1) is 18.0. The summed E-state index contributed by atoms with van der Waals surface area (Å²) in [4.78, 5) is 0. The minimum atomic E-state index is 0.595. The summed E-state index contributed by atoms with van der Waals surface area (Å²) in [6.45, 7) is 2.25. The highest BCUT2D eigenvalue weighted by molar-refractivity contribution is 7.98. The van der Waals surface area contributed by atoms with Crippen LogP contribution in [-0.4, -0.2) is 33.0 Å². The first-order valence-corrected chi connectivity index (χ1v) is 11.0. The molecule has 2 aromatic heterocycles. The Kier molecular flexibility index (Phi) is 5.94. The monoisotopic (exact) mass is 375 g/mol. The third-order valence-electron chi connectivity index (χ3n) is 5.80. The van der Waals surface area contributed by atoms with Crippen molar-refractivity contribution in [2.24, 2.45) is 13.0 Å². The van der Waals surface area contributed by atoms with Crippen LogP contribution in [0.3, 0.4) is 0 Å². The summed E-state index contributed by atoms with van der Waals surface area (Å²) in [7, 11) is 2.08. The number of hydrogen-bond donors (Lipinski definition) is 1. The molecule has 1 aliphatic heterocycles. The fourth-order valence-electron chi connectivity index (χ4n) is 4.12. The fourth-order valence-corrected chi connectivity index (χ4v) is 4.92. The van der Waals surface area contributed by atoms with Crippen molar-refractivity contribution in [3.63, 3.8) is 0 Å². The Morgan fingerprint density at radius 3 is 2.77 bits per heavy atom. The number of nitrogens with zero attached hydrogens (tertiary/aromatic N) is 4. The van der Waals surface area contributed by atoms with Gasteiger partial charge >= 0.3 is 0 Å². The zero-order chi connectivity index (χ0) is 17.8. The van der Waals surface area contributed by atoms with E-state index in [1.165, 1.54) is 44.9 Å². The molecule has 0 spiro atoms. The van der Waals surface area contributed by atoms with Crippen LogP contribution < -0.4 is 5.32 Å². The molecule has 7 heteroatoms. The molecule has 142 valence electrons. The Morgan fingerprint density at radius 2 is 1.96 bits per heavy atom. The maximum atomic E-state index is 5.57. The highest BCUT2D eigenvalue weighted by Gasteiger charge is 2.21. The number of nitrogens with one attached hydrogen (secondary N) is 1. The third kappa shape index (κ3) is 4.31. The summed E-state index contributed by atoms with van der Waals surface area (Å²) < 4.78 is 7.72. The molecule has 1 saturated carbocycles. The molecule has 4 rings (SSSR count). The van der Waals surface area contributed by atoms with E-state index in [0.29, 0.717) is 5.92 Å². The standard InChI is InChI=1S/C19H29N5OS/c1-24-18(11-14-7-9-20-10-8-14)21-22-19(24)26-13-16-12-17(23-25-16)15-5-3-2-4-6-15/h12,14-15,20H,2-11,13H2,1H3. The number of rotatable bonds is 6. The Balaban J connectivity index is 1.32. The van der Waals surface area contributed by atoms with Crippen molar-refractivity contribution in [2.75, 3.05) is 13.1 Å². The van der Waals surface area contributed by atoms with Gasteiger partial charge in [-0.1, -0.05) is 36.2 Å². The van der Waals surface area contributed by atoms with Crippen LogP contribution in [0.2, 0.25) is 0 Å². The van der Waals surface area contributed by atoms with Crippen molar-refractivity contribution in [3.05, 3.63) is 23.3 Å². The number of thioether (sulfide) groups is 1. The van der Waals surface area contributed by atoms with Crippen LogP contribution in [0, 0.1) is 5.92 Å². The second-order valence-electron chi connectivity index (χ2n) is 7.70. The smallest absolute Gasteiger partial charge is 0.191 e. The van der Waals surface area contributed by atoms with Gasteiger partial charge in [-0.2, -0.15) is 0 Å². The molecule has 0 radical (unpaired) electrons. The van der Waals surface area contributed by atoms with Gasteiger partial charge in [-0.05, 0) is 44.7 Å². The molecular weight excluding hydrogens is 346 g/mol. The molecule has 1 saturated heterocycles. The van der Waals surface area contributed by atoms with Crippen LogP contribution >= 0.6 is 11.8 Å². The second kappa shape index (κ2) is 8.57. The van der Waals surface area contributed by atoms with Gasteiger partial charge in [0.15, 0.2) is 5.16 Å². The quantitative estimate of drug-likeness (QED) is 0.777. The lowest BCUT2D eigenvalue weighted by Crippen LogP contribution is -2.29. The van der Waals surface area contributed by atoms with Crippen LogP contribution in [0.25, 0.3) is 0 Å². The minimum Gasteiger partial charge on any atom is -0.360 e. The lowest BCUT2D eigenvalue weighted by molar-refractivity contribution is 0.363. The van der Waals surface area contributed by atoms with Crippen LogP contribution in [0.4, 0.5) is 0 Å². The van der Waals surface area contributed by atoms with Gasteiger partial charge in [0.25, 0.3) is 0 Å². The highest BCUT2D eigenvalue weighted by Crippen LogP contribution is 2.33. The van der Waals surface area contributed by atoms with Gasteiger partial charge in [-0.3, -0.25) is 0 Å². The molecule has 0 bridgehead atoms. The van der Waals surface area contributed by atoms with Crippen molar-refractivity contribution in [2.45, 2.75) is 68.2 Å². The molecule has 0 atom stereocenters. The van der Waals surface area contributed by atoms with Gasteiger partial charge in [-0.25, -0.2) is 0 Å². The fraction of sp³-hybridized carbons (Fsp3) is 0.737. The van der Waals surface area contributed by atoms with E-state index >= 15 is 0 Å². The van der Waals surface area contributed by atoms with E-state index in [0.717, 1.165) is 53.6 Å². The van der Waals surface area contributed by atoms with Gasteiger partial charge in [0, 0.05) is 25.5 Å². The molecule has 0 amide bonds. The van der Waals surface area contributed by atoms with E-state index in [1.807, 2.05) is 0 Å². The molecule has 2 aromatic rings. The second-order valence-corrected chi connectivity index (χ2v) is 8.64. The van der Waals surface area contributed by atoms with Crippen LogP contribution in [0.15, 0.2) is 15.7 Å². The SMILES string of the molecule is Cn1c(CC2CCNCC2)nnc1SCc1cc(C2CCCCC2)no1. The predicted molar refractivity (Wildman–Crippen MR) is 102 cm³/mol. The topological polar surface area (TPSA) is 68.8 Å². The molecule has 2 fully saturated rings. The maximum Gasteiger partial charge on any atom is 0.191 e. The normalized spacial score (nSPS) is 19.9. The number of hydrogen-bond acceptors (Lipinski definition) is 6. The van der Waals surface area contributed by atoms with Crippen LogP contribution in [0.5, 0.6) is 0 Å². The first-order valence-electron chi connectivity index (χ1n) is 9.97. The highest BCUT2D eigenvalue weighted by atomic mass is 32.2. The average Bonchev–Trinajstić information content (AvgIpc) is 3.29. The van der Waals surface area contributed by atoms with Gasteiger partial charge < -0.3 is 14.4 Å². The molecule has 1 N–H and O–H groups in total. The predicted octanol–water partition coefficient (Wildman–Crippen LogP) is 3.69. The van der Waals surface area contributed by atoms with E-state index in [-0.39, 0.29) is 0 Å². The molecule has 6 nitrogen and oxygen atoms in total. The zero-order valence-electron chi connectivity index (χ0n) is 15.6. The van der Waals surface area contributed by atoms with E-state index < -0.39 is 0 Å². The molecular formula is C19H29N5OS. The summed E-state index contributed by atoms with van der Waals surface area (Å²) >= 11 is 1.69. The summed E-state index contributed by atoms with van der Waals surface area (Å²) in [6.07, 6.45) is 10.0. The Morgan fingerprint density at radius 1 is 1.15 bits per heavy atom. The maximum absolute atomic E-state index is 5.57. The van der Waals surface area contributed by atoms with Crippen molar-refractivity contribution >= 4 is 11.8 Å². The molecule has 2 aliphatic rings. The van der Waals surface area contributed by atoms with Crippen molar-refractivity contribution in [3.8, 4) is 0 Å². The summed E-state index contributed by atoms with van der Waals surface area (Å²) in [5.41, 5.74) is 1.14. The Bertz CT molecular complexity index is 701. The summed E-state index contributed by atoms with van der Waals surface area (Å²) in [5.74, 6) is 4.12. The Labute approximate surface area is 159 Å². The van der Waals surface area contributed by atoms with E-state index in [2.05, 4.69) is 38.4 Å². The molecule has 1 aliphatic carbocycles. The lowest BCUT2D eigenvalue weighted by atomic mass is 9.87. The van der Waals surface area contributed by atoms with Gasteiger partial charge in [0.05, 0.1) is 11.4 Å². The zero-order valence-corrected chi connectivity index (χ0v) is 16.4. The number of piperidine rings is 1. The first-order chi connectivity index (χ1) is 12.8. The van der Waals surface area contributed by atoms with Gasteiger partial charge in [0.2, 0.25) is 0 Å². The van der Waals surface area contributed by atoms with Crippen molar-refractivity contribution < 1.29 is 4.52 Å². The van der Waals surface area contributed by atoms with Crippen molar-refractivity contribution in [1.82, 2.24) is 25.2 Å². The van der Waals surface area contributed by atoms with Crippen LogP contribution in [0.1, 0.15) is 68.1 Å². The van der Waals surface area contributed by atoms with E-state index in [4.69, 9.17) is 4.52 Å². The van der Waals surface area contributed by atoms with Crippen LogP contribution in [-0.2, 0) is 19.2 Å². The lowest BCUT2D eigenvalue weighted by Gasteiger charge is -2.21. The number of aromatic nitrogens is 4. The van der Waals surface area contributed by atoms with Gasteiger partial charge in [0.1, 0.15) is 11.6 Å². The van der Waals surface area contributed by atoms with E-state index in [9.17, 15) is 0 Å². The minimum absolute atomic E-state index is 0.595. The summed E-state index contributed by atoms with van der Waals surface area (Å²) in [6, 6.07) is 2.15. The van der Waals surface area contributed by atoms with Crippen molar-refractivity contribution in [1.29, 1.82) is 0 Å². The Hall–Kier alpha value is -1.34. The van der Waals surface area contributed by atoms with Gasteiger partial charge in [-0.15, -0.1) is 10.2 Å². The third-order valence-corrected chi connectivity index (χ3v) is 6.84. The molecule has 26 heavy (non-hydrogen) atoms. The molecule has 0 aromatic carbocycles. The largest absolute Gasteiger partial charge is 0.360 e. The van der Waals surface area contributed by atoms with E-state index in [1.54, 1.807) is 11.8 Å². The molecule has 0 unspecified atom stereocenters. The average molecular weight is 376 g/mol. The molecule has 3 heterocycles. The summed E-state index contributed by atoms with van der Waals surface area (Å²) in [5, 5.41) is 17.5.